The highest BCUT2D eigenvalue weighted by molar-refractivity contribution is 5.98. The average Bonchev–Trinajstić information content (AvgIpc) is 3.15. The lowest BCUT2D eigenvalue weighted by Crippen LogP contribution is -2.47. The number of alkyl carbamates (subject to hydrolysis) is 2. The minimum absolute atomic E-state index is 0.0283. The van der Waals surface area contributed by atoms with Gasteiger partial charge in [-0.2, -0.15) is 0 Å². The number of hydrogen-bond acceptors (Lipinski definition) is 10. The highest BCUT2D eigenvalue weighted by atomic mass is 16.6. The molecule has 0 aliphatic heterocycles. The van der Waals surface area contributed by atoms with Gasteiger partial charge in [-0.25, -0.2) is 19.4 Å². The zero-order valence-electron chi connectivity index (χ0n) is 30.9. The summed E-state index contributed by atoms with van der Waals surface area (Å²) in [6.07, 6.45) is -0.0556. The number of esters is 1. The lowest BCUT2D eigenvalue weighted by molar-refractivity contribution is -0.147. The van der Waals surface area contributed by atoms with E-state index in [9.17, 15) is 24.0 Å². The number of anilines is 2. The third kappa shape index (κ3) is 15.1. The standard InChI is InChI=1S/C41H45N5O9/c1-5-21-52-39(50)42-32(22-28-15-9-6-10-16-28)37(48)45-34-24-31(53-27-36(47)54-26-30-19-13-8-14-20-30)25-35(44-34)46-38(49)33(23-29-17-11-7-12-18-29)43-40(51)55-41(2,3)4/h5-20,24-25,32-33H,1,21-23,26-27H2,2-4H3,(H,42,50)(H,43,51)(H2,44,45,46,48,49)/t32-,33-/m0/s1. The van der Waals surface area contributed by atoms with Crippen molar-refractivity contribution >= 4 is 41.6 Å². The first-order chi connectivity index (χ1) is 26.4. The van der Waals surface area contributed by atoms with Gasteiger partial charge in [-0.3, -0.25) is 9.59 Å². The van der Waals surface area contributed by atoms with Crippen LogP contribution in [-0.2, 0) is 48.0 Å². The van der Waals surface area contributed by atoms with Gasteiger partial charge < -0.3 is 40.2 Å². The van der Waals surface area contributed by atoms with E-state index in [1.165, 1.54) is 18.2 Å². The summed E-state index contributed by atoms with van der Waals surface area (Å²) in [4.78, 5) is 69.8. The molecule has 0 saturated carbocycles. The number of ether oxygens (including phenoxy) is 4. The number of benzene rings is 3. The van der Waals surface area contributed by atoms with Crippen LogP contribution in [0.3, 0.4) is 0 Å². The fourth-order valence-corrected chi connectivity index (χ4v) is 4.95. The number of carbonyl (C=O) groups is 5. The summed E-state index contributed by atoms with van der Waals surface area (Å²) in [5.41, 5.74) is 1.47. The highest BCUT2D eigenvalue weighted by Crippen LogP contribution is 2.22. The van der Waals surface area contributed by atoms with Crippen LogP contribution in [0, 0.1) is 0 Å². The largest absolute Gasteiger partial charge is 0.482 e. The smallest absolute Gasteiger partial charge is 0.408 e. The van der Waals surface area contributed by atoms with Crippen molar-refractivity contribution in [3.8, 4) is 5.75 Å². The molecule has 0 radical (unpaired) electrons. The minimum atomic E-state index is -1.12. The molecular weight excluding hydrogens is 706 g/mol. The highest BCUT2D eigenvalue weighted by Gasteiger charge is 2.27. The summed E-state index contributed by atoms with van der Waals surface area (Å²) in [6.45, 7) is 8.07. The average molecular weight is 752 g/mol. The summed E-state index contributed by atoms with van der Waals surface area (Å²) >= 11 is 0. The van der Waals surface area contributed by atoms with Crippen LogP contribution >= 0.6 is 0 Å². The number of hydrogen-bond donors (Lipinski definition) is 4. The Hall–Kier alpha value is -6.70. The van der Waals surface area contributed by atoms with E-state index in [0.717, 1.165) is 16.7 Å². The van der Waals surface area contributed by atoms with Gasteiger partial charge in [0, 0.05) is 25.0 Å². The molecule has 4 rings (SSSR count). The maximum Gasteiger partial charge on any atom is 0.408 e. The first-order valence-electron chi connectivity index (χ1n) is 17.4. The zero-order chi connectivity index (χ0) is 39.6. The molecule has 14 nitrogen and oxygen atoms in total. The summed E-state index contributed by atoms with van der Waals surface area (Å²) in [6, 6.07) is 27.6. The Labute approximate surface area is 319 Å². The van der Waals surface area contributed by atoms with E-state index in [4.69, 9.17) is 18.9 Å². The molecule has 0 aliphatic carbocycles. The number of rotatable bonds is 17. The van der Waals surface area contributed by atoms with Crippen molar-refractivity contribution in [1.82, 2.24) is 15.6 Å². The maximum atomic E-state index is 13.8. The van der Waals surface area contributed by atoms with Crippen LogP contribution in [0.4, 0.5) is 21.2 Å². The van der Waals surface area contributed by atoms with Crippen molar-refractivity contribution in [3.05, 3.63) is 132 Å². The molecule has 4 aromatic rings. The van der Waals surface area contributed by atoms with Crippen LogP contribution in [0.1, 0.15) is 37.5 Å². The van der Waals surface area contributed by atoms with Crippen LogP contribution in [0.25, 0.3) is 0 Å². The van der Waals surface area contributed by atoms with Gasteiger partial charge in [0.25, 0.3) is 0 Å². The van der Waals surface area contributed by atoms with Gasteiger partial charge in [0.05, 0.1) is 0 Å². The molecule has 1 aromatic heterocycles. The molecule has 1 heterocycles. The third-order valence-electron chi connectivity index (χ3n) is 7.41. The van der Waals surface area contributed by atoms with Gasteiger partial charge in [0.1, 0.15) is 48.3 Å². The van der Waals surface area contributed by atoms with Crippen LogP contribution in [0.5, 0.6) is 5.75 Å². The summed E-state index contributed by atoms with van der Waals surface area (Å²) in [5.74, 6) is -2.14. The molecule has 2 atom stereocenters. The minimum Gasteiger partial charge on any atom is -0.482 e. The van der Waals surface area contributed by atoms with Crippen molar-refractivity contribution in [2.24, 2.45) is 0 Å². The monoisotopic (exact) mass is 751 g/mol. The molecule has 14 heteroatoms. The molecule has 0 saturated heterocycles. The predicted molar refractivity (Wildman–Crippen MR) is 205 cm³/mol. The zero-order valence-corrected chi connectivity index (χ0v) is 30.9. The number of aromatic nitrogens is 1. The van der Waals surface area contributed by atoms with Crippen molar-refractivity contribution < 1.29 is 42.9 Å². The number of carbonyl (C=O) groups excluding carboxylic acids is 5. The second kappa shape index (κ2) is 20.5. The van der Waals surface area contributed by atoms with Crippen LogP contribution in [0.15, 0.2) is 116 Å². The van der Waals surface area contributed by atoms with Crippen LogP contribution in [-0.4, -0.2) is 65.9 Å². The Balaban J connectivity index is 1.59. The molecule has 0 aliphatic rings. The van der Waals surface area contributed by atoms with E-state index >= 15 is 0 Å². The molecule has 4 N–H and O–H groups in total. The first kappa shape index (κ1) is 41.1. The number of nitrogens with zero attached hydrogens (tertiary/aromatic N) is 1. The summed E-state index contributed by atoms with van der Waals surface area (Å²) in [5, 5.41) is 10.5. The van der Waals surface area contributed by atoms with Crippen molar-refractivity contribution in [2.45, 2.75) is 57.9 Å². The molecule has 4 amide bonds. The topological polar surface area (TPSA) is 183 Å². The van der Waals surface area contributed by atoms with E-state index in [2.05, 4.69) is 32.8 Å². The van der Waals surface area contributed by atoms with E-state index in [1.54, 1.807) is 69.3 Å². The molecular formula is C41H45N5O9. The maximum absolute atomic E-state index is 13.8. The number of pyridine rings is 1. The molecule has 288 valence electrons. The summed E-state index contributed by atoms with van der Waals surface area (Å²) in [7, 11) is 0. The third-order valence-corrected chi connectivity index (χ3v) is 7.41. The van der Waals surface area contributed by atoms with Crippen LogP contribution < -0.4 is 26.0 Å². The van der Waals surface area contributed by atoms with Gasteiger partial charge in [-0.15, -0.1) is 0 Å². The predicted octanol–water partition coefficient (Wildman–Crippen LogP) is 5.74. The SMILES string of the molecule is C=CCOC(=O)N[C@@H](Cc1ccccc1)C(=O)Nc1cc(OCC(=O)OCc2ccccc2)cc(NC(=O)[C@H](Cc2ccccc2)NC(=O)OC(C)(C)C)n1. The van der Waals surface area contributed by atoms with E-state index in [-0.39, 0.29) is 43.4 Å². The fraction of sp³-hybridized carbons (Fsp3) is 0.268. The van der Waals surface area contributed by atoms with Crippen LogP contribution in [0.2, 0.25) is 0 Å². The van der Waals surface area contributed by atoms with Gasteiger partial charge in [0.15, 0.2) is 6.61 Å². The van der Waals surface area contributed by atoms with Crippen molar-refractivity contribution in [2.75, 3.05) is 23.8 Å². The van der Waals surface area contributed by atoms with Gasteiger partial charge in [-0.05, 0) is 37.5 Å². The van der Waals surface area contributed by atoms with Gasteiger partial charge >= 0.3 is 18.2 Å². The second-order valence-corrected chi connectivity index (χ2v) is 13.1. The lowest BCUT2D eigenvalue weighted by Gasteiger charge is -2.23. The molecule has 0 spiro atoms. The molecule has 55 heavy (non-hydrogen) atoms. The Kier molecular flexibility index (Phi) is 15.3. The van der Waals surface area contributed by atoms with E-state index in [1.807, 2.05) is 42.5 Å². The fourth-order valence-electron chi connectivity index (χ4n) is 4.95. The Morgan fingerprint density at radius 1 is 0.691 bits per heavy atom. The first-order valence-corrected chi connectivity index (χ1v) is 17.4. The quantitative estimate of drug-likeness (QED) is 0.0590. The lowest BCUT2D eigenvalue weighted by atomic mass is 10.1. The van der Waals surface area contributed by atoms with Gasteiger partial charge in [-0.1, -0.05) is 104 Å². The van der Waals surface area contributed by atoms with E-state index in [0.29, 0.717) is 0 Å². The van der Waals surface area contributed by atoms with Crippen molar-refractivity contribution in [3.63, 3.8) is 0 Å². The Morgan fingerprint density at radius 2 is 1.16 bits per heavy atom. The van der Waals surface area contributed by atoms with E-state index < -0.39 is 54.3 Å². The number of amides is 4. The molecule has 0 fully saturated rings. The Bertz CT molecular complexity index is 1900. The van der Waals surface area contributed by atoms with Gasteiger partial charge in [0.2, 0.25) is 11.8 Å². The number of nitrogens with one attached hydrogen (secondary N) is 4. The van der Waals surface area contributed by atoms with Crippen molar-refractivity contribution in [1.29, 1.82) is 0 Å². The molecule has 0 bridgehead atoms. The molecule has 0 unspecified atom stereocenters. The Morgan fingerprint density at radius 3 is 1.64 bits per heavy atom. The molecule has 3 aromatic carbocycles. The second-order valence-electron chi connectivity index (χ2n) is 13.1. The summed E-state index contributed by atoms with van der Waals surface area (Å²) < 4.78 is 21.5. The normalized spacial score (nSPS) is 11.8.